The first kappa shape index (κ1) is 24.4. The van der Waals surface area contributed by atoms with Crippen molar-refractivity contribution in [2.24, 2.45) is 0 Å². The Morgan fingerprint density at radius 3 is 2.39 bits per heavy atom. The van der Waals surface area contributed by atoms with Crippen molar-refractivity contribution in [3.8, 4) is 6.07 Å². The molecule has 5 nitrogen and oxygen atoms in total. The van der Waals surface area contributed by atoms with E-state index in [1.165, 1.54) is 28.0 Å². The number of thiocarbonyl (C=S) groups is 1. The van der Waals surface area contributed by atoms with Gasteiger partial charge in [-0.1, -0.05) is 84.6 Å². The molecule has 1 saturated heterocycles. The highest BCUT2D eigenvalue weighted by Gasteiger charge is 2.36. The molecule has 1 fully saturated rings. The zero-order valence-electron chi connectivity index (χ0n) is 19.5. The van der Waals surface area contributed by atoms with Crippen LogP contribution < -0.4 is 5.32 Å². The van der Waals surface area contributed by atoms with E-state index in [-0.39, 0.29) is 18.2 Å². The Hall–Kier alpha value is -3.25. The molecule has 0 radical (unpaired) electrons. The van der Waals surface area contributed by atoms with Gasteiger partial charge in [-0.3, -0.25) is 14.5 Å². The highest BCUT2D eigenvalue weighted by Crippen LogP contribution is 2.39. The second kappa shape index (κ2) is 10.8. The zero-order chi connectivity index (χ0) is 25.1. The molecule has 1 N–H and O–H groups in total. The number of hydrogen-bond donors (Lipinski definition) is 1. The molecule has 2 heterocycles. The van der Waals surface area contributed by atoms with Gasteiger partial charge in [-0.15, -0.1) is 11.3 Å². The van der Waals surface area contributed by atoms with Crippen LogP contribution in [0.25, 0.3) is 0 Å². The van der Waals surface area contributed by atoms with Crippen LogP contribution in [0.2, 0.25) is 0 Å². The van der Waals surface area contributed by atoms with Crippen LogP contribution in [0.4, 0.5) is 5.00 Å². The second-order valence-corrected chi connectivity index (χ2v) is 11.4. The van der Waals surface area contributed by atoms with Crippen LogP contribution >= 0.6 is 35.3 Å². The standard InChI is InChI=1S/C28H23N3O2S3/c29-16-22-20-13-7-8-14-23(20)35-26(22)30-25(32)21(15-18-9-3-1-4-10-18)24-27(33)31(28(34)36-24)17-19-11-5-2-6-12-19/h1-6,9-12H,7-8,13-15,17H2,(H,30,32)/b24-21+. The van der Waals surface area contributed by atoms with Crippen LogP contribution in [0.5, 0.6) is 0 Å². The molecule has 0 unspecified atom stereocenters. The quantitative estimate of drug-likeness (QED) is 0.313. The van der Waals surface area contributed by atoms with Crippen molar-refractivity contribution in [3.05, 3.63) is 98.3 Å². The van der Waals surface area contributed by atoms with Crippen LogP contribution in [0.1, 0.15) is 40.0 Å². The van der Waals surface area contributed by atoms with Crippen molar-refractivity contribution < 1.29 is 9.59 Å². The van der Waals surface area contributed by atoms with E-state index in [1.807, 2.05) is 60.7 Å². The molecule has 0 bridgehead atoms. The van der Waals surface area contributed by atoms with Crippen molar-refractivity contribution in [2.75, 3.05) is 5.32 Å². The Labute approximate surface area is 223 Å². The summed E-state index contributed by atoms with van der Waals surface area (Å²) in [5, 5.41) is 13.4. The van der Waals surface area contributed by atoms with E-state index < -0.39 is 0 Å². The maximum absolute atomic E-state index is 13.7. The Balaban J connectivity index is 1.49. The van der Waals surface area contributed by atoms with E-state index in [9.17, 15) is 14.9 Å². The number of benzene rings is 2. The van der Waals surface area contributed by atoms with Crippen molar-refractivity contribution in [1.82, 2.24) is 4.90 Å². The molecular formula is C28H23N3O2S3. The summed E-state index contributed by atoms with van der Waals surface area (Å²) in [4.78, 5) is 30.3. The van der Waals surface area contributed by atoms with Gasteiger partial charge in [0.05, 0.1) is 17.0 Å². The van der Waals surface area contributed by atoms with E-state index in [1.54, 1.807) is 4.90 Å². The number of carbonyl (C=O) groups is 2. The number of nitrogens with one attached hydrogen (secondary N) is 1. The van der Waals surface area contributed by atoms with Crippen LogP contribution in [0, 0.1) is 11.3 Å². The topological polar surface area (TPSA) is 73.2 Å². The second-order valence-electron chi connectivity index (χ2n) is 8.70. The van der Waals surface area contributed by atoms with Crippen molar-refractivity contribution in [1.29, 1.82) is 5.26 Å². The van der Waals surface area contributed by atoms with Gasteiger partial charge in [0, 0.05) is 16.9 Å². The number of nitrogens with zero attached hydrogens (tertiary/aromatic N) is 2. The number of fused-ring (bicyclic) bond motifs is 1. The first-order chi connectivity index (χ1) is 17.5. The molecule has 0 atom stereocenters. The van der Waals surface area contributed by atoms with Crippen molar-refractivity contribution >= 4 is 56.5 Å². The molecule has 36 heavy (non-hydrogen) atoms. The molecule has 3 aromatic rings. The van der Waals surface area contributed by atoms with E-state index >= 15 is 0 Å². The van der Waals surface area contributed by atoms with Gasteiger partial charge < -0.3 is 5.32 Å². The molecule has 0 saturated carbocycles. The van der Waals surface area contributed by atoms with Gasteiger partial charge in [-0.05, 0) is 42.4 Å². The van der Waals surface area contributed by atoms with Crippen LogP contribution in [0.3, 0.4) is 0 Å². The number of anilines is 1. The Kier molecular flexibility index (Phi) is 7.33. The van der Waals surface area contributed by atoms with Crippen molar-refractivity contribution in [2.45, 2.75) is 38.6 Å². The Morgan fingerprint density at radius 1 is 1.03 bits per heavy atom. The van der Waals surface area contributed by atoms with Gasteiger partial charge in [0.25, 0.3) is 11.8 Å². The van der Waals surface area contributed by atoms with E-state index in [0.717, 1.165) is 42.4 Å². The van der Waals surface area contributed by atoms with E-state index in [2.05, 4.69) is 11.4 Å². The predicted molar refractivity (Wildman–Crippen MR) is 149 cm³/mol. The fourth-order valence-electron chi connectivity index (χ4n) is 4.50. The monoisotopic (exact) mass is 529 g/mol. The molecule has 2 aliphatic rings. The summed E-state index contributed by atoms with van der Waals surface area (Å²) in [5.41, 5.74) is 3.86. The van der Waals surface area contributed by atoms with Crippen LogP contribution in [0.15, 0.2) is 71.1 Å². The summed E-state index contributed by atoms with van der Waals surface area (Å²) >= 11 is 8.20. The normalized spacial score (nSPS) is 16.5. The number of carbonyl (C=O) groups excluding carboxylic acids is 2. The molecule has 5 rings (SSSR count). The number of rotatable bonds is 6. The predicted octanol–water partition coefficient (Wildman–Crippen LogP) is 5.99. The first-order valence-corrected chi connectivity index (χ1v) is 13.8. The smallest absolute Gasteiger partial charge is 0.266 e. The summed E-state index contributed by atoms with van der Waals surface area (Å²) in [6.45, 7) is 0.353. The van der Waals surface area contributed by atoms with E-state index in [4.69, 9.17) is 12.2 Å². The summed E-state index contributed by atoms with van der Waals surface area (Å²) in [6.07, 6.45) is 4.22. The zero-order valence-corrected chi connectivity index (χ0v) is 21.9. The SMILES string of the molecule is N#Cc1c(NC(=O)/C(Cc2ccccc2)=C2/SC(=S)N(Cc3ccccc3)C2=O)sc2c1CCCC2. The molecule has 1 aromatic heterocycles. The summed E-state index contributed by atoms with van der Waals surface area (Å²) < 4.78 is 0.432. The third kappa shape index (κ3) is 5.00. The first-order valence-electron chi connectivity index (χ1n) is 11.8. The number of amides is 2. The van der Waals surface area contributed by atoms with Gasteiger partial charge in [0.2, 0.25) is 0 Å². The highest BCUT2D eigenvalue weighted by molar-refractivity contribution is 8.26. The number of hydrogen-bond acceptors (Lipinski definition) is 6. The Morgan fingerprint density at radius 2 is 1.69 bits per heavy atom. The van der Waals surface area contributed by atoms with Gasteiger partial charge >= 0.3 is 0 Å². The number of aryl methyl sites for hydroxylation is 1. The third-order valence-corrected chi connectivity index (χ3v) is 9.01. The molecule has 1 aliphatic carbocycles. The molecule has 1 aliphatic heterocycles. The number of nitriles is 1. The van der Waals surface area contributed by atoms with Gasteiger partial charge in [0.1, 0.15) is 15.4 Å². The minimum Gasteiger partial charge on any atom is -0.313 e. The summed E-state index contributed by atoms with van der Waals surface area (Å²) in [7, 11) is 0. The minimum atomic E-state index is -0.367. The lowest BCUT2D eigenvalue weighted by atomic mass is 9.96. The fourth-order valence-corrected chi connectivity index (χ4v) is 7.05. The van der Waals surface area contributed by atoms with E-state index in [0.29, 0.717) is 31.9 Å². The van der Waals surface area contributed by atoms with Gasteiger partial charge in [-0.2, -0.15) is 5.26 Å². The number of thiophene rings is 1. The molecule has 2 amide bonds. The lowest BCUT2D eigenvalue weighted by Crippen LogP contribution is -2.28. The minimum absolute atomic E-state index is 0.263. The molecule has 8 heteroatoms. The van der Waals surface area contributed by atoms with Gasteiger partial charge in [-0.25, -0.2) is 0 Å². The largest absolute Gasteiger partial charge is 0.313 e. The number of thioether (sulfide) groups is 1. The Bertz CT molecular complexity index is 1410. The molecule has 2 aromatic carbocycles. The summed E-state index contributed by atoms with van der Waals surface area (Å²) in [5.74, 6) is -0.630. The molecule has 0 spiro atoms. The maximum atomic E-state index is 13.7. The molecular weight excluding hydrogens is 507 g/mol. The van der Waals surface area contributed by atoms with Crippen LogP contribution in [-0.2, 0) is 35.4 Å². The fraction of sp³-hybridized carbons (Fsp3) is 0.214. The highest BCUT2D eigenvalue weighted by atomic mass is 32.2. The summed E-state index contributed by atoms with van der Waals surface area (Å²) in [6, 6.07) is 21.6. The average molecular weight is 530 g/mol. The lowest BCUT2D eigenvalue weighted by molar-refractivity contribution is -0.123. The van der Waals surface area contributed by atoms with Gasteiger partial charge in [0.15, 0.2) is 0 Å². The third-order valence-electron chi connectivity index (χ3n) is 6.31. The van der Waals surface area contributed by atoms with Crippen LogP contribution in [-0.4, -0.2) is 21.0 Å². The average Bonchev–Trinajstić information content (AvgIpc) is 3.39. The molecule has 180 valence electrons. The lowest BCUT2D eigenvalue weighted by Gasteiger charge is -2.15. The van der Waals surface area contributed by atoms with Crippen molar-refractivity contribution in [3.63, 3.8) is 0 Å². The maximum Gasteiger partial charge on any atom is 0.266 e.